The van der Waals surface area contributed by atoms with Crippen LogP contribution in [0.15, 0.2) is 47.4 Å². The second-order valence-corrected chi connectivity index (χ2v) is 7.93. The van der Waals surface area contributed by atoms with Crippen molar-refractivity contribution in [2.24, 2.45) is 0 Å². The first kappa shape index (κ1) is 22.0. The number of ether oxygens (including phenoxy) is 2. The first-order valence-corrected chi connectivity index (χ1v) is 10.6. The molecule has 0 fully saturated rings. The van der Waals surface area contributed by atoms with Crippen molar-refractivity contribution in [3.8, 4) is 11.5 Å². The van der Waals surface area contributed by atoms with Crippen LogP contribution < -0.4 is 19.5 Å². The van der Waals surface area contributed by atoms with Crippen LogP contribution in [0.1, 0.15) is 20.8 Å². The predicted octanol–water partition coefficient (Wildman–Crippen LogP) is 3.44. The zero-order valence-electron chi connectivity index (χ0n) is 15.9. The number of carbonyl (C=O) groups excluding carboxylic acids is 1. The van der Waals surface area contributed by atoms with E-state index in [4.69, 9.17) is 21.1 Å². The third-order valence-corrected chi connectivity index (χ3v) is 5.45. The molecular weight excluding hydrogens is 404 g/mol. The molecule has 1 atom stereocenters. The highest BCUT2D eigenvalue weighted by Gasteiger charge is 2.25. The topological polar surface area (TPSA) is 93.7 Å². The Morgan fingerprint density at radius 2 is 1.71 bits per heavy atom. The monoisotopic (exact) mass is 426 g/mol. The minimum absolute atomic E-state index is 0.123. The van der Waals surface area contributed by atoms with Crippen molar-refractivity contribution in [1.29, 1.82) is 0 Å². The summed E-state index contributed by atoms with van der Waals surface area (Å²) in [5, 5.41) is 2.90. The molecule has 0 aliphatic heterocycles. The van der Waals surface area contributed by atoms with Crippen molar-refractivity contribution in [2.45, 2.75) is 31.7 Å². The van der Waals surface area contributed by atoms with E-state index < -0.39 is 22.0 Å². The Bertz CT molecular complexity index is 916. The number of carbonyl (C=O) groups is 1. The zero-order chi connectivity index (χ0) is 20.7. The number of sulfonamides is 1. The molecule has 1 amide bonds. The van der Waals surface area contributed by atoms with Crippen LogP contribution in [-0.2, 0) is 14.8 Å². The molecule has 0 bridgehead atoms. The van der Waals surface area contributed by atoms with Crippen molar-refractivity contribution in [3.63, 3.8) is 0 Å². The Morgan fingerprint density at radius 3 is 2.32 bits per heavy atom. The van der Waals surface area contributed by atoms with E-state index in [1.165, 1.54) is 25.1 Å². The SMILES string of the molecule is CCOc1ccc(NC(=O)C(C)NS(=O)(=O)c2cc(Cl)ccc2OCC)cc1. The van der Waals surface area contributed by atoms with Crippen LogP contribution in [0.4, 0.5) is 5.69 Å². The van der Waals surface area contributed by atoms with E-state index in [-0.39, 0.29) is 22.3 Å². The maximum Gasteiger partial charge on any atom is 0.245 e. The summed E-state index contributed by atoms with van der Waals surface area (Å²) in [5.74, 6) is 0.338. The fourth-order valence-corrected chi connectivity index (χ4v) is 3.98. The van der Waals surface area contributed by atoms with Crippen molar-refractivity contribution in [3.05, 3.63) is 47.5 Å². The van der Waals surface area contributed by atoms with Gasteiger partial charge in [0.15, 0.2) is 0 Å². The Labute approximate surface area is 170 Å². The van der Waals surface area contributed by atoms with Gasteiger partial charge in [-0.15, -0.1) is 0 Å². The molecule has 2 aromatic carbocycles. The van der Waals surface area contributed by atoms with Gasteiger partial charge in [0, 0.05) is 10.7 Å². The quantitative estimate of drug-likeness (QED) is 0.640. The van der Waals surface area contributed by atoms with E-state index >= 15 is 0 Å². The molecule has 2 aromatic rings. The molecule has 0 aromatic heterocycles. The van der Waals surface area contributed by atoms with Crippen LogP contribution in [0.25, 0.3) is 0 Å². The van der Waals surface area contributed by atoms with E-state index in [0.29, 0.717) is 18.0 Å². The number of hydrogen-bond donors (Lipinski definition) is 2. The van der Waals surface area contributed by atoms with Gasteiger partial charge in [-0.05, 0) is 63.2 Å². The van der Waals surface area contributed by atoms with E-state index in [9.17, 15) is 13.2 Å². The highest BCUT2D eigenvalue weighted by atomic mass is 35.5. The Hall–Kier alpha value is -2.29. The first-order valence-electron chi connectivity index (χ1n) is 8.75. The summed E-state index contributed by atoms with van der Waals surface area (Å²) in [6.07, 6.45) is 0. The van der Waals surface area contributed by atoms with Crippen molar-refractivity contribution in [2.75, 3.05) is 18.5 Å². The van der Waals surface area contributed by atoms with E-state index in [2.05, 4.69) is 10.0 Å². The van der Waals surface area contributed by atoms with Gasteiger partial charge in [0.05, 0.1) is 19.3 Å². The Balaban J connectivity index is 2.11. The van der Waals surface area contributed by atoms with Gasteiger partial charge in [0.2, 0.25) is 15.9 Å². The molecule has 28 heavy (non-hydrogen) atoms. The molecule has 7 nitrogen and oxygen atoms in total. The molecule has 0 saturated heterocycles. The minimum atomic E-state index is -4.03. The first-order chi connectivity index (χ1) is 13.3. The van der Waals surface area contributed by atoms with Crippen LogP contribution in [-0.4, -0.2) is 33.6 Å². The number of nitrogens with one attached hydrogen (secondary N) is 2. The lowest BCUT2D eigenvalue weighted by molar-refractivity contribution is -0.117. The number of benzene rings is 2. The van der Waals surface area contributed by atoms with Gasteiger partial charge in [-0.3, -0.25) is 4.79 Å². The fourth-order valence-electron chi connectivity index (χ4n) is 2.37. The molecule has 9 heteroatoms. The summed E-state index contributed by atoms with van der Waals surface area (Å²) in [5.41, 5.74) is 0.525. The van der Waals surface area contributed by atoms with Crippen LogP contribution in [0, 0.1) is 0 Å². The minimum Gasteiger partial charge on any atom is -0.494 e. The van der Waals surface area contributed by atoms with Gasteiger partial charge in [0.1, 0.15) is 16.4 Å². The third-order valence-electron chi connectivity index (χ3n) is 3.65. The number of hydrogen-bond acceptors (Lipinski definition) is 5. The lowest BCUT2D eigenvalue weighted by Gasteiger charge is -2.16. The van der Waals surface area contributed by atoms with E-state index in [1.807, 2.05) is 6.92 Å². The normalized spacial score (nSPS) is 12.3. The van der Waals surface area contributed by atoms with Crippen LogP contribution >= 0.6 is 11.6 Å². The van der Waals surface area contributed by atoms with Crippen LogP contribution in [0.3, 0.4) is 0 Å². The third kappa shape index (κ3) is 5.85. The molecule has 0 radical (unpaired) electrons. The van der Waals surface area contributed by atoms with Gasteiger partial charge in [-0.25, -0.2) is 8.42 Å². The fraction of sp³-hybridized carbons (Fsp3) is 0.316. The average Bonchev–Trinajstić information content (AvgIpc) is 2.64. The summed E-state index contributed by atoms with van der Waals surface area (Å²) in [6.45, 7) is 5.90. The second kappa shape index (κ2) is 9.77. The largest absolute Gasteiger partial charge is 0.494 e. The number of rotatable bonds is 9. The Kier molecular flexibility index (Phi) is 7.68. The van der Waals surface area contributed by atoms with Crippen molar-refractivity contribution in [1.82, 2.24) is 4.72 Å². The van der Waals surface area contributed by atoms with Gasteiger partial charge in [-0.2, -0.15) is 4.72 Å². The Morgan fingerprint density at radius 1 is 1.07 bits per heavy atom. The lowest BCUT2D eigenvalue weighted by atomic mass is 10.2. The van der Waals surface area contributed by atoms with E-state index in [1.54, 1.807) is 31.2 Å². The second-order valence-electron chi connectivity index (χ2n) is 5.81. The smallest absolute Gasteiger partial charge is 0.245 e. The standard InChI is InChI=1S/C19H23ClN2O5S/c1-4-26-16-9-7-15(8-10-16)21-19(23)13(3)22-28(24,25)18-12-14(20)6-11-17(18)27-5-2/h6-13,22H,4-5H2,1-3H3,(H,21,23). The molecular formula is C19H23ClN2O5S. The highest BCUT2D eigenvalue weighted by Crippen LogP contribution is 2.27. The number of anilines is 1. The molecule has 2 rings (SSSR count). The van der Waals surface area contributed by atoms with E-state index in [0.717, 1.165) is 0 Å². The van der Waals surface area contributed by atoms with Crippen molar-refractivity contribution < 1.29 is 22.7 Å². The summed E-state index contributed by atoms with van der Waals surface area (Å²) in [4.78, 5) is 12.3. The number of halogens is 1. The van der Waals surface area contributed by atoms with Gasteiger partial charge in [0.25, 0.3) is 0 Å². The van der Waals surface area contributed by atoms with Crippen LogP contribution in [0.2, 0.25) is 5.02 Å². The zero-order valence-corrected chi connectivity index (χ0v) is 17.4. The van der Waals surface area contributed by atoms with Gasteiger partial charge < -0.3 is 14.8 Å². The molecule has 0 spiro atoms. The molecule has 0 heterocycles. The molecule has 152 valence electrons. The predicted molar refractivity (Wildman–Crippen MR) is 109 cm³/mol. The summed E-state index contributed by atoms with van der Waals surface area (Å²) in [7, 11) is -4.03. The molecule has 0 aliphatic carbocycles. The molecule has 0 saturated carbocycles. The highest BCUT2D eigenvalue weighted by molar-refractivity contribution is 7.89. The van der Waals surface area contributed by atoms with Gasteiger partial charge in [-0.1, -0.05) is 11.6 Å². The lowest BCUT2D eigenvalue weighted by Crippen LogP contribution is -2.41. The summed E-state index contributed by atoms with van der Waals surface area (Å²) >= 11 is 5.93. The molecule has 2 N–H and O–H groups in total. The molecule has 1 unspecified atom stereocenters. The summed E-state index contributed by atoms with van der Waals surface area (Å²) < 4.78 is 38.5. The number of amides is 1. The van der Waals surface area contributed by atoms with Crippen molar-refractivity contribution >= 4 is 33.2 Å². The maximum atomic E-state index is 12.7. The summed E-state index contributed by atoms with van der Waals surface area (Å²) in [6, 6.07) is 10.1. The average molecular weight is 427 g/mol. The molecule has 0 aliphatic rings. The van der Waals surface area contributed by atoms with Crippen LogP contribution in [0.5, 0.6) is 11.5 Å². The maximum absolute atomic E-state index is 12.7. The van der Waals surface area contributed by atoms with Gasteiger partial charge >= 0.3 is 0 Å².